The van der Waals surface area contributed by atoms with E-state index >= 15 is 0 Å². The number of piperazine rings is 1. The molecule has 1 amide bonds. The Kier molecular flexibility index (Phi) is 5.46. The summed E-state index contributed by atoms with van der Waals surface area (Å²) >= 11 is 3.36. The van der Waals surface area contributed by atoms with Gasteiger partial charge in [-0.3, -0.25) is 9.69 Å². The first-order chi connectivity index (χ1) is 11.4. The zero-order chi connectivity index (χ0) is 17.2. The van der Waals surface area contributed by atoms with Crippen LogP contribution in [-0.4, -0.2) is 74.5 Å². The van der Waals surface area contributed by atoms with Gasteiger partial charge in [-0.1, -0.05) is 15.9 Å². The molecule has 0 radical (unpaired) electrons. The van der Waals surface area contributed by atoms with Crippen LogP contribution in [0.5, 0.6) is 5.75 Å². The summed E-state index contributed by atoms with van der Waals surface area (Å²) in [6, 6.07) is 7.49. The molecule has 0 bridgehead atoms. The summed E-state index contributed by atoms with van der Waals surface area (Å²) in [5, 5.41) is 0. The minimum Gasteiger partial charge on any atom is -0.484 e. The Hall–Kier alpha value is -1.12. The lowest BCUT2D eigenvalue weighted by Crippen LogP contribution is -2.53. The normalized spacial score (nSPS) is 24.0. The van der Waals surface area contributed by atoms with Crippen LogP contribution in [0.2, 0.25) is 0 Å². The van der Waals surface area contributed by atoms with E-state index in [1.54, 1.807) is 4.90 Å². The van der Waals surface area contributed by atoms with Crippen LogP contribution in [0.25, 0.3) is 0 Å². The van der Waals surface area contributed by atoms with Gasteiger partial charge in [0.2, 0.25) is 0 Å². The smallest absolute Gasteiger partial charge is 0.260 e. The highest BCUT2D eigenvalue weighted by Gasteiger charge is 2.34. The van der Waals surface area contributed by atoms with Gasteiger partial charge < -0.3 is 9.64 Å². The zero-order valence-electron chi connectivity index (χ0n) is 13.4. The molecule has 2 fully saturated rings. The molecule has 2 saturated heterocycles. The summed E-state index contributed by atoms with van der Waals surface area (Å²) in [5.41, 5.74) is 0. The molecule has 1 atom stereocenters. The van der Waals surface area contributed by atoms with Crippen molar-refractivity contribution in [1.29, 1.82) is 0 Å². The second-order valence-electron chi connectivity index (χ2n) is 6.22. The molecule has 1 aromatic rings. The van der Waals surface area contributed by atoms with Crippen LogP contribution in [0.4, 0.5) is 0 Å². The van der Waals surface area contributed by atoms with Gasteiger partial charge in [-0.05, 0) is 30.7 Å². The molecule has 2 heterocycles. The summed E-state index contributed by atoms with van der Waals surface area (Å²) in [7, 11) is -2.86. The fourth-order valence-corrected chi connectivity index (χ4v) is 5.19. The lowest BCUT2D eigenvalue weighted by atomic mass is 10.2. The van der Waals surface area contributed by atoms with Crippen LogP contribution in [0, 0.1) is 0 Å². The Bertz CT molecular complexity index is 685. The van der Waals surface area contributed by atoms with Gasteiger partial charge in [0, 0.05) is 36.7 Å². The highest BCUT2D eigenvalue weighted by Crippen LogP contribution is 2.20. The third kappa shape index (κ3) is 4.49. The molecule has 3 rings (SSSR count). The number of hydrogen-bond donors (Lipinski definition) is 0. The van der Waals surface area contributed by atoms with Crippen LogP contribution in [0.1, 0.15) is 6.42 Å². The second-order valence-corrected chi connectivity index (χ2v) is 9.36. The molecule has 0 aromatic heterocycles. The summed E-state index contributed by atoms with van der Waals surface area (Å²) in [6.07, 6.45) is 0.711. The molecule has 2 aliphatic heterocycles. The number of rotatable bonds is 4. The Morgan fingerprint density at radius 3 is 2.42 bits per heavy atom. The number of amides is 1. The molecular weight excluding hydrogens is 396 g/mol. The van der Waals surface area contributed by atoms with E-state index in [0.717, 1.165) is 17.6 Å². The number of nitrogens with zero attached hydrogens (tertiary/aromatic N) is 2. The van der Waals surface area contributed by atoms with E-state index in [-0.39, 0.29) is 30.1 Å². The average molecular weight is 417 g/mol. The first-order valence-corrected chi connectivity index (χ1v) is 10.6. The number of ether oxygens (including phenoxy) is 1. The molecule has 24 heavy (non-hydrogen) atoms. The first-order valence-electron chi connectivity index (χ1n) is 8.03. The van der Waals surface area contributed by atoms with Crippen LogP contribution < -0.4 is 4.74 Å². The second kappa shape index (κ2) is 7.41. The third-order valence-corrected chi connectivity index (χ3v) is 6.85. The molecule has 0 spiro atoms. The molecule has 0 aliphatic carbocycles. The molecule has 132 valence electrons. The van der Waals surface area contributed by atoms with Crippen molar-refractivity contribution < 1.29 is 17.9 Å². The Morgan fingerprint density at radius 1 is 1.17 bits per heavy atom. The molecule has 0 unspecified atom stereocenters. The van der Waals surface area contributed by atoms with Gasteiger partial charge in [-0.2, -0.15) is 0 Å². The maximum absolute atomic E-state index is 12.2. The Labute approximate surface area is 150 Å². The van der Waals surface area contributed by atoms with Gasteiger partial charge in [-0.25, -0.2) is 8.42 Å². The number of halogens is 1. The largest absolute Gasteiger partial charge is 0.484 e. The summed E-state index contributed by atoms with van der Waals surface area (Å²) in [5.74, 6) is 1.18. The standard InChI is InChI=1S/C16H21BrN2O4S/c17-13-1-3-15(4-2-13)23-11-16(20)19-8-6-18(7-9-19)14-5-10-24(21,22)12-14/h1-4,14H,5-12H2/t14-/m1/s1. The van der Waals surface area contributed by atoms with Crippen LogP contribution in [-0.2, 0) is 14.6 Å². The van der Waals surface area contributed by atoms with E-state index in [0.29, 0.717) is 25.3 Å². The average Bonchev–Trinajstić information content (AvgIpc) is 2.94. The first kappa shape index (κ1) is 17.7. The van der Waals surface area contributed by atoms with Crippen LogP contribution >= 0.6 is 15.9 Å². The number of sulfone groups is 1. The van der Waals surface area contributed by atoms with E-state index in [2.05, 4.69) is 20.8 Å². The van der Waals surface area contributed by atoms with Gasteiger partial charge in [0.25, 0.3) is 5.91 Å². The molecular formula is C16H21BrN2O4S. The SMILES string of the molecule is O=C(COc1ccc(Br)cc1)N1CCN([C@@H]2CCS(=O)(=O)C2)CC1. The summed E-state index contributed by atoms with van der Waals surface area (Å²) < 4.78 is 29.7. The highest BCUT2D eigenvalue weighted by molar-refractivity contribution is 9.10. The Balaban J connectivity index is 1.44. The van der Waals surface area contributed by atoms with Gasteiger partial charge >= 0.3 is 0 Å². The fourth-order valence-electron chi connectivity index (χ4n) is 3.17. The van der Waals surface area contributed by atoms with Crippen molar-refractivity contribution in [2.75, 3.05) is 44.3 Å². The van der Waals surface area contributed by atoms with Crippen molar-refractivity contribution in [3.63, 3.8) is 0 Å². The van der Waals surface area contributed by atoms with Crippen molar-refractivity contribution in [2.45, 2.75) is 12.5 Å². The van der Waals surface area contributed by atoms with Gasteiger partial charge in [0.05, 0.1) is 11.5 Å². The Morgan fingerprint density at radius 2 is 1.83 bits per heavy atom. The predicted octanol–water partition coefficient (Wildman–Crippen LogP) is 1.16. The van der Waals surface area contributed by atoms with E-state index in [9.17, 15) is 13.2 Å². The molecule has 0 saturated carbocycles. The zero-order valence-corrected chi connectivity index (χ0v) is 15.8. The minimum absolute atomic E-state index is 0.0272. The number of carbonyl (C=O) groups excluding carboxylic acids is 1. The van der Waals surface area contributed by atoms with Gasteiger partial charge in [0.15, 0.2) is 16.4 Å². The quantitative estimate of drug-likeness (QED) is 0.736. The molecule has 1 aromatic carbocycles. The summed E-state index contributed by atoms with van der Waals surface area (Å²) in [4.78, 5) is 16.2. The maximum atomic E-state index is 12.2. The molecule has 2 aliphatic rings. The molecule has 0 N–H and O–H groups in total. The number of hydrogen-bond acceptors (Lipinski definition) is 5. The van der Waals surface area contributed by atoms with E-state index in [4.69, 9.17) is 4.74 Å². The molecule has 8 heteroatoms. The van der Waals surface area contributed by atoms with Crippen molar-refractivity contribution >= 4 is 31.7 Å². The third-order valence-electron chi connectivity index (χ3n) is 4.57. The minimum atomic E-state index is -2.86. The van der Waals surface area contributed by atoms with E-state index in [1.165, 1.54) is 0 Å². The number of benzene rings is 1. The fraction of sp³-hybridized carbons (Fsp3) is 0.562. The lowest BCUT2D eigenvalue weighted by Gasteiger charge is -2.37. The highest BCUT2D eigenvalue weighted by atomic mass is 79.9. The van der Waals surface area contributed by atoms with E-state index < -0.39 is 9.84 Å². The van der Waals surface area contributed by atoms with Crippen molar-refractivity contribution in [2.24, 2.45) is 0 Å². The summed E-state index contributed by atoms with van der Waals surface area (Å²) in [6.45, 7) is 2.73. The monoisotopic (exact) mass is 416 g/mol. The van der Waals surface area contributed by atoms with Gasteiger partial charge in [0.1, 0.15) is 5.75 Å². The maximum Gasteiger partial charge on any atom is 0.260 e. The molecule has 6 nitrogen and oxygen atoms in total. The predicted molar refractivity (Wildman–Crippen MR) is 94.8 cm³/mol. The van der Waals surface area contributed by atoms with Crippen molar-refractivity contribution in [3.8, 4) is 5.75 Å². The van der Waals surface area contributed by atoms with Gasteiger partial charge in [-0.15, -0.1) is 0 Å². The van der Waals surface area contributed by atoms with Crippen LogP contribution in [0.3, 0.4) is 0 Å². The number of carbonyl (C=O) groups is 1. The van der Waals surface area contributed by atoms with E-state index in [1.807, 2.05) is 24.3 Å². The van der Waals surface area contributed by atoms with Crippen molar-refractivity contribution in [3.05, 3.63) is 28.7 Å². The van der Waals surface area contributed by atoms with Crippen LogP contribution in [0.15, 0.2) is 28.7 Å². The van der Waals surface area contributed by atoms with Crippen molar-refractivity contribution in [1.82, 2.24) is 9.80 Å². The lowest BCUT2D eigenvalue weighted by molar-refractivity contribution is -0.135. The topological polar surface area (TPSA) is 66.9 Å².